The molecule has 0 radical (unpaired) electrons. The van der Waals surface area contributed by atoms with Crippen molar-refractivity contribution in [3.63, 3.8) is 0 Å². The number of halogens is 1. The molecule has 1 fully saturated rings. The van der Waals surface area contributed by atoms with Gasteiger partial charge >= 0.3 is 0 Å². The minimum Gasteiger partial charge on any atom is -0.393 e. The molecule has 1 aliphatic heterocycles. The summed E-state index contributed by atoms with van der Waals surface area (Å²) >= 11 is 0. The summed E-state index contributed by atoms with van der Waals surface area (Å²) in [6.45, 7) is 5.86. The third-order valence-corrected chi connectivity index (χ3v) is 8.28. The van der Waals surface area contributed by atoms with Crippen molar-refractivity contribution in [3.05, 3.63) is 78.6 Å². The van der Waals surface area contributed by atoms with Crippen LogP contribution >= 0.6 is 0 Å². The lowest BCUT2D eigenvalue weighted by atomic mass is 10.0. The standard InChI is InChI=1S/C34H33FN8O2/c1-19(2)34(45)38-25-12-23(14-36-15-25)21-3-4-29-27(13-21)32(42-41-29)33-39-30-17-37-16-28(31(30)40-33)22-9-20(10-24(35)11-22)18-43-7-5-26(44)6-8-43/h3-4,9-17,19,26,44H,5-8,18H2,1-2H3,(H,38,45)(H,39,40)(H,41,42). The molecule has 0 aliphatic carbocycles. The van der Waals surface area contributed by atoms with E-state index in [1.165, 1.54) is 6.07 Å². The van der Waals surface area contributed by atoms with Crippen LogP contribution in [0.5, 0.6) is 0 Å². The van der Waals surface area contributed by atoms with Gasteiger partial charge in [0.15, 0.2) is 5.82 Å². The maximum absolute atomic E-state index is 14.9. The molecular formula is C34H33FN8O2. The van der Waals surface area contributed by atoms with Crippen molar-refractivity contribution in [2.45, 2.75) is 39.3 Å². The first-order valence-corrected chi connectivity index (χ1v) is 15.1. The second-order valence-corrected chi connectivity index (χ2v) is 12.0. The summed E-state index contributed by atoms with van der Waals surface area (Å²) in [5.74, 6) is 0.0246. The van der Waals surface area contributed by atoms with Gasteiger partial charge in [0.1, 0.15) is 11.5 Å². The SMILES string of the molecule is CC(C)C(=O)Nc1cncc(-c2ccc3[nH]nc(-c4nc5c(-c6cc(F)cc(CN7CCC(O)CC7)c6)cncc5[nH]4)c3c2)c1. The summed E-state index contributed by atoms with van der Waals surface area (Å²) in [7, 11) is 0. The molecule has 228 valence electrons. The van der Waals surface area contributed by atoms with E-state index < -0.39 is 0 Å². The molecule has 1 aliphatic rings. The highest BCUT2D eigenvalue weighted by molar-refractivity contribution is 5.98. The summed E-state index contributed by atoms with van der Waals surface area (Å²) in [5.41, 5.74) is 7.53. The summed E-state index contributed by atoms with van der Waals surface area (Å²) < 4.78 is 14.9. The zero-order valence-corrected chi connectivity index (χ0v) is 25.0. The molecule has 4 N–H and O–H groups in total. The number of hydrogen-bond acceptors (Lipinski definition) is 7. The van der Waals surface area contributed by atoms with Crippen molar-refractivity contribution in [1.29, 1.82) is 0 Å². The van der Waals surface area contributed by atoms with E-state index in [0.717, 1.165) is 59.1 Å². The molecule has 0 bridgehead atoms. The molecule has 7 rings (SSSR count). The number of nitrogens with one attached hydrogen (secondary N) is 3. The fourth-order valence-corrected chi connectivity index (χ4v) is 5.82. The number of carbonyl (C=O) groups excluding carboxylic acids is 1. The van der Waals surface area contributed by atoms with Gasteiger partial charge in [-0.3, -0.25) is 24.8 Å². The van der Waals surface area contributed by atoms with E-state index in [4.69, 9.17) is 4.98 Å². The number of hydrogen-bond donors (Lipinski definition) is 4. The fourth-order valence-electron chi connectivity index (χ4n) is 5.82. The zero-order valence-electron chi connectivity index (χ0n) is 25.0. The summed E-state index contributed by atoms with van der Waals surface area (Å²) in [4.78, 5) is 31.5. The Morgan fingerprint density at radius 1 is 1.00 bits per heavy atom. The first kappa shape index (κ1) is 28.8. The monoisotopic (exact) mass is 604 g/mol. The lowest BCUT2D eigenvalue weighted by molar-refractivity contribution is -0.118. The van der Waals surface area contributed by atoms with Crippen LogP contribution in [-0.2, 0) is 11.3 Å². The Morgan fingerprint density at radius 3 is 2.64 bits per heavy atom. The second kappa shape index (κ2) is 11.8. The largest absolute Gasteiger partial charge is 0.393 e. The molecule has 0 unspecified atom stereocenters. The van der Waals surface area contributed by atoms with Crippen molar-refractivity contribution >= 4 is 33.5 Å². The van der Waals surface area contributed by atoms with Gasteiger partial charge in [-0.1, -0.05) is 19.9 Å². The number of benzene rings is 2. The van der Waals surface area contributed by atoms with Gasteiger partial charge in [-0.15, -0.1) is 0 Å². The maximum atomic E-state index is 14.9. The smallest absolute Gasteiger partial charge is 0.226 e. The number of rotatable bonds is 7. The summed E-state index contributed by atoms with van der Waals surface area (Å²) in [6.07, 6.45) is 8.00. The van der Waals surface area contributed by atoms with Crippen molar-refractivity contribution < 1.29 is 14.3 Å². The molecule has 4 aromatic heterocycles. The van der Waals surface area contributed by atoms with E-state index in [2.05, 4.69) is 35.4 Å². The van der Waals surface area contributed by atoms with Gasteiger partial charge in [0.05, 0.1) is 40.7 Å². The number of carbonyl (C=O) groups is 1. The lowest BCUT2D eigenvalue weighted by Gasteiger charge is -2.29. The number of H-pyrrole nitrogens is 2. The van der Waals surface area contributed by atoms with Crippen LogP contribution in [-0.4, -0.2) is 65.2 Å². The number of aromatic amines is 2. The summed E-state index contributed by atoms with van der Waals surface area (Å²) in [5, 5.41) is 21.3. The summed E-state index contributed by atoms with van der Waals surface area (Å²) in [6, 6.07) is 12.9. The number of nitrogens with zero attached hydrogens (tertiary/aromatic N) is 5. The molecule has 2 aromatic carbocycles. The van der Waals surface area contributed by atoms with Gasteiger partial charge in [-0.05, 0) is 65.9 Å². The number of piperidine rings is 1. The van der Waals surface area contributed by atoms with Crippen molar-refractivity contribution in [3.8, 4) is 33.8 Å². The van der Waals surface area contributed by atoms with Crippen LogP contribution in [0.15, 0.2) is 67.3 Å². The predicted molar refractivity (Wildman–Crippen MR) is 172 cm³/mol. The number of pyridine rings is 2. The first-order valence-electron chi connectivity index (χ1n) is 15.1. The van der Waals surface area contributed by atoms with Crippen molar-refractivity contribution in [1.82, 2.24) is 35.0 Å². The Kier molecular flexibility index (Phi) is 7.56. The number of anilines is 1. The van der Waals surface area contributed by atoms with Crippen LogP contribution in [0.2, 0.25) is 0 Å². The number of likely N-dealkylation sites (tertiary alicyclic amines) is 1. The van der Waals surface area contributed by atoms with Crippen LogP contribution in [0.3, 0.4) is 0 Å². The van der Waals surface area contributed by atoms with Crippen LogP contribution in [0.25, 0.3) is 55.7 Å². The molecule has 45 heavy (non-hydrogen) atoms. The third kappa shape index (κ3) is 5.92. The van der Waals surface area contributed by atoms with Crippen LogP contribution < -0.4 is 5.32 Å². The average Bonchev–Trinajstić information content (AvgIpc) is 3.66. The van der Waals surface area contributed by atoms with Crippen LogP contribution in [0, 0.1) is 11.7 Å². The van der Waals surface area contributed by atoms with E-state index in [9.17, 15) is 14.3 Å². The number of aromatic nitrogens is 6. The quantitative estimate of drug-likeness (QED) is 0.178. The molecule has 1 amide bonds. The van der Waals surface area contributed by atoms with Crippen LogP contribution in [0.4, 0.5) is 10.1 Å². The van der Waals surface area contributed by atoms with E-state index >= 15 is 0 Å². The normalized spacial score (nSPS) is 14.5. The van der Waals surface area contributed by atoms with Gasteiger partial charge in [-0.25, -0.2) is 9.37 Å². The van der Waals surface area contributed by atoms with E-state index in [-0.39, 0.29) is 23.7 Å². The molecular weight excluding hydrogens is 571 g/mol. The Morgan fingerprint density at radius 2 is 1.82 bits per heavy atom. The van der Waals surface area contributed by atoms with Crippen molar-refractivity contribution in [2.75, 3.05) is 18.4 Å². The molecule has 11 heteroatoms. The number of fused-ring (bicyclic) bond motifs is 2. The number of aliphatic hydroxyl groups excluding tert-OH is 1. The second-order valence-electron chi connectivity index (χ2n) is 12.0. The van der Waals surface area contributed by atoms with Gasteiger partial charge in [0, 0.05) is 54.5 Å². The average molecular weight is 605 g/mol. The van der Waals surface area contributed by atoms with E-state index in [1.54, 1.807) is 30.9 Å². The number of imidazole rings is 1. The molecule has 0 spiro atoms. The molecule has 0 atom stereocenters. The Hall–Kier alpha value is -5.00. The highest BCUT2D eigenvalue weighted by Gasteiger charge is 2.20. The highest BCUT2D eigenvalue weighted by atomic mass is 19.1. The van der Waals surface area contributed by atoms with Gasteiger partial charge in [0.2, 0.25) is 5.91 Å². The van der Waals surface area contributed by atoms with Gasteiger partial charge in [-0.2, -0.15) is 5.10 Å². The maximum Gasteiger partial charge on any atom is 0.226 e. The Bertz CT molecular complexity index is 2030. The molecule has 6 aromatic rings. The zero-order chi connectivity index (χ0) is 31.1. The van der Waals surface area contributed by atoms with Gasteiger partial charge < -0.3 is 15.4 Å². The Balaban J connectivity index is 1.22. The Labute approximate surface area is 258 Å². The molecule has 0 saturated carbocycles. The third-order valence-electron chi connectivity index (χ3n) is 8.28. The fraction of sp³-hybridized carbons (Fsp3) is 0.265. The number of amides is 1. The highest BCUT2D eigenvalue weighted by Crippen LogP contribution is 2.34. The minimum absolute atomic E-state index is 0.0718. The minimum atomic E-state index is -0.319. The predicted octanol–water partition coefficient (Wildman–Crippen LogP) is 5.92. The van der Waals surface area contributed by atoms with Gasteiger partial charge in [0.25, 0.3) is 0 Å². The van der Waals surface area contributed by atoms with Crippen LogP contribution in [0.1, 0.15) is 32.3 Å². The number of aliphatic hydroxyl groups is 1. The molecule has 1 saturated heterocycles. The van der Waals surface area contributed by atoms with E-state index in [1.807, 2.05) is 44.2 Å². The van der Waals surface area contributed by atoms with E-state index in [0.29, 0.717) is 40.3 Å². The molecule has 5 heterocycles. The lowest BCUT2D eigenvalue weighted by Crippen LogP contribution is -2.35. The van der Waals surface area contributed by atoms with Crippen molar-refractivity contribution in [2.24, 2.45) is 5.92 Å². The topological polar surface area (TPSA) is 136 Å². The molecule has 10 nitrogen and oxygen atoms in total. The first-order chi connectivity index (χ1) is 21.8.